The first kappa shape index (κ1) is 16.0. The van der Waals surface area contributed by atoms with Crippen LogP contribution in [0.25, 0.3) is 10.6 Å². The van der Waals surface area contributed by atoms with Crippen molar-refractivity contribution >= 4 is 45.5 Å². The van der Waals surface area contributed by atoms with Crippen molar-refractivity contribution in [2.45, 2.75) is 4.90 Å². The van der Waals surface area contributed by atoms with Crippen molar-refractivity contribution in [3.8, 4) is 16.3 Å². The molecule has 0 spiro atoms. The van der Waals surface area contributed by atoms with Gasteiger partial charge in [-0.1, -0.05) is 6.07 Å². The minimum atomic E-state index is -0.221. The number of thioether (sulfide) groups is 1. The number of thiazole rings is 1. The van der Waals surface area contributed by atoms with Crippen LogP contribution < -0.4 is 10.1 Å². The number of carbonyl (C=O) groups is 1. The molecule has 0 saturated heterocycles. The molecule has 1 aromatic carbocycles. The fourth-order valence-electron chi connectivity index (χ4n) is 2.02. The number of nitrogens with one attached hydrogen (secondary N) is 1. The molecule has 0 aliphatic heterocycles. The van der Waals surface area contributed by atoms with Crippen molar-refractivity contribution in [1.82, 2.24) is 4.98 Å². The van der Waals surface area contributed by atoms with E-state index in [0.29, 0.717) is 16.4 Å². The molecule has 0 bridgehead atoms. The van der Waals surface area contributed by atoms with Crippen LogP contribution in [-0.2, 0) is 0 Å². The fourth-order valence-corrected chi connectivity index (χ4v) is 3.91. The molecule has 0 aliphatic carbocycles. The largest absolute Gasteiger partial charge is 0.496 e. The van der Waals surface area contributed by atoms with Crippen LogP contribution in [0.5, 0.6) is 5.75 Å². The Morgan fingerprint density at radius 1 is 1.30 bits per heavy atom. The van der Waals surface area contributed by atoms with E-state index in [-0.39, 0.29) is 5.91 Å². The quantitative estimate of drug-likeness (QED) is 0.659. The maximum absolute atomic E-state index is 12.5. The van der Waals surface area contributed by atoms with Crippen LogP contribution in [0, 0.1) is 0 Å². The standard InChI is InChI=1S/C16H14N2O2S3/c1-20-13-8-10(21-2)5-6-11(13)15(19)18-16-17-12(9-23-16)14-4-3-7-22-14/h3-9H,1-2H3,(H,17,18,19). The number of benzene rings is 1. The van der Waals surface area contributed by atoms with Crippen molar-refractivity contribution in [3.63, 3.8) is 0 Å². The van der Waals surface area contributed by atoms with Crippen molar-refractivity contribution in [2.24, 2.45) is 0 Å². The Morgan fingerprint density at radius 3 is 2.87 bits per heavy atom. The zero-order chi connectivity index (χ0) is 16.2. The highest BCUT2D eigenvalue weighted by molar-refractivity contribution is 7.98. The highest BCUT2D eigenvalue weighted by Crippen LogP contribution is 2.30. The summed E-state index contributed by atoms with van der Waals surface area (Å²) in [6.45, 7) is 0. The third-order valence-electron chi connectivity index (χ3n) is 3.15. The first-order chi connectivity index (χ1) is 11.2. The smallest absolute Gasteiger partial charge is 0.261 e. The molecule has 0 saturated carbocycles. The molecule has 1 amide bonds. The van der Waals surface area contributed by atoms with Crippen molar-refractivity contribution in [2.75, 3.05) is 18.7 Å². The lowest BCUT2D eigenvalue weighted by molar-refractivity contribution is 0.102. The third-order valence-corrected chi connectivity index (χ3v) is 5.53. The summed E-state index contributed by atoms with van der Waals surface area (Å²) in [7, 11) is 1.56. The van der Waals surface area contributed by atoms with E-state index < -0.39 is 0 Å². The van der Waals surface area contributed by atoms with E-state index in [1.807, 2.05) is 41.3 Å². The van der Waals surface area contributed by atoms with Gasteiger partial charge in [0.2, 0.25) is 0 Å². The van der Waals surface area contributed by atoms with Crippen LogP contribution in [-0.4, -0.2) is 24.3 Å². The highest BCUT2D eigenvalue weighted by atomic mass is 32.2. The van der Waals surface area contributed by atoms with E-state index in [9.17, 15) is 4.79 Å². The van der Waals surface area contributed by atoms with Crippen LogP contribution in [0.15, 0.2) is 46.0 Å². The number of hydrogen-bond donors (Lipinski definition) is 1. The van der Waals surface area contributed by atoms with Gasteiger partial charge in [0.25, 0.3) is 5.91 Å². The van der Waals surface area contributed by atoms with Crippen LogP contribution in [0.3, 0.4) is 0 Å². The van der Waals surface area contributed by atoms with Crippen molar-refractivity contribution < 1.29 is 9.53 Å². The maximum Gasteiger partial charge on any atom is 0.261 e. The first-order valence-electron chi connectivity index (χ1n) is 6.74. The topological polar surface area (TPSA) is 51.2 Å². The minimum absolute atomic E-state index is 0.221. The number of anilines is 1. The third kappa shape index (κ3) is 3.57. The number of methoxy groups -OCH3 is 1. The summed E-state index contributed by atoms with van der Waals surface area (Å²) in [5.41, 5.74) is 1.38. The lowest BCUT2D eigenvalue weighted by Crippen LogP contribution is -2.13. The van der Waals surface area contributed by atoms with E-state index in [2.05, 4.69) is 10.3 Å². The molecule has 0 unspecified atom stereocenters. The Kier molecular flexibility index (Phi) is 5.00. The van der Waals surface area contributed by atoms with Gasteiger partial charge in [-0.15, -0.1) is 34.4 Å². The second-order valence-electron chi connectivity index (χ2n) is 4.54. The van der Waals surface area contributed by atoms with Gasteiger partial charge in [0.05, 0.1) is 23.2 Å². The van der Waals surface area contributed by atoms with E-state index in [1.165, 1.54) is 11.3 Å². The molecule has 118 valence electrons. The van der Waals surface area contributed by atoms with E-state index in [0.717, 1.165) is 15.5 Å². The lowest BCUT2D eigenvalue weighted by Gasteiger charge is -2.09. The number of rotatable bonds is 5. The molecule has 0 radical (unpaired) electrons. The Balaban J connectivity index is 1.79. The molecule has 23 heavy (non-hydrogen) atoms. The van der Waals surface area contributed by atoms with E-state index in [4.69, 9.17) is 4.74 Å². The van der Waals surface area contributed by atoms with Gasteiger partial charge in [0, 0.05) is 10.3 Å². The average Bonchev–Trinajstić information content (AvgIpc) is 3.25. The molecule has 3 rings (SSSR count). The van der Waals surface area contributed by atoms with E-state index in [1.54, 1.807) is 36.3 Å². The Hall–Kier alpha value is -1.83. The number of carbonyl (C=O) groups excluding carboxylic acids is 1. The van der Waals surface area contributed by atoms with Gasteiger partial charge in [-0.2, -0.15) is 0 Å². The molecule has 0 fully saturated rings. The fraction of sp³-hybridized carbons (Fsp3) is 0.125. The van der Waals surface area contributed by atoms with Gasteiger partial charge in [0.1, 0.15) is 5.75 Å². The monoisotopic (exact) mass is 362 g/mol. The van der Waals surface area contributed by atoms with Gasteiger partial charge in [0.15, 0.2) is 5.13 Å². The number of ether oxygens (including phenoxy) is 1. The molecule has 4 nitrogen and oxygen atoms in total. The number of amides is 1. The average molecular weight is 363 g/mol. The molecular weight excluding hydrogens is 348 g/mol. The molecule has 0 atom stereocenters. The van der Waals surface area contributed by atoms with Gasteiger partial charge < -0.3 is 4.74 Å². The zero-order valence-electron chi connectivity index (χ0n) is 12.5. The second-order valence-corrected chi connectivity index (χ2v) is 7.22. The molecule has 7 heteroatoms. The molecule has 1 N–H and O–H groups in total. The molecular formula is C16H14N2O2S3. The SMILES string of the molecule is COc1cc(SC)ccc1C(=O)Nc1nc(-c2cccs2)cs1. The first-order valence-corrected chi connectivity index (χ1v) is 9.72. The Labute approximate surface area is 146 Å². The van der Waals surface area contributed by atoms with Crippen LogP contribution in [0.2, 0.25) is 0 Å². The van der Waals surface area contributed by atoms with Crippen LogP contribution in [0.1, 0.15) is 10.4 Å². The predicted octanol–water partition coefficient (Wildman–Crippen LogP) is 4.85. The molecule has 2 heterocycles. The summed E-state index contributed by atoms with van der Waals surface area (Å²) >= 11 is 4.64. The van der Waals surface area contributed by atoms with Crippen LogP contribution in [0.4, 0.5) is 5.13 Å². The highest BCUT2D eigenvalue weighted by Gasteiger charge is 2.15. The molecule has 3 aromatic rings. The predicted molar refractivity (Wildman–Crippen MR) is 98.2 cm³/mol. The second kappa shape index (κ2) is 7.16. The Bertz CT molecular complexity index is 813. The van der Waals surface area contributed by atoms with Crippen LogP contribution >= 0.6 is 34.4 Å². The summed E-state index contributed by atoms with van der Waals surface area (Å²) in [4.78, 5) is 19.1. The summed E-state index contributed by atoms with van der Waals surface area (Å²) in [6.07, 6.45) is 1.98. The van der Waals surface area contributed by atoms with E-state index >= 15 is 0 Å². The van der Waals surface area contributed by atoms with Gasteiger partial charge in [-0.05, 0) is 35.9 Å². The van der Waals surface area contributed by atoms with Crippen molar-refractivity contribution in [1.29, 1.82) is 0 Å². The Morgan fingerprint density at radius 2 is 2.17 bits per heavy atom. The lowest BCUT2D eigenvalue weighted by atomic mass is 10.2. The summed E-state index contributed by atoms with van der Waals surface area (Å²) in [6, 6.07) is 9.53. The van der Waals surface area contributed by atoms with Crippen molar-refractivity contribution in [3.05, 3.63) is 46.7 Å². The van der Waals surface area contributed by atoms with Gasteiger partial charge in [-0.25, -0.2) is 4.98 Å². The molecule has 2 aromatic heterocycles. The molecule has 0 aliphatic rings. The summed E-state index contributed by atoms with van der Waals surface area (Å²) in [5, 5.41) is 7.36. The maximum atomic E-state index is 12.5. The normalized spacial score (nSPS) is 10.5. The van der Waals surface area contributed by atoms with Gasteiger partial charge >= 0.3 is 0 Å². The number of thiophene rings is 1. The zero-order valence-corrected chi connectivity index (χ0v) is 15.0. The summed E-state index contributed by atoms with van der Waals surface area (Å²) < 4.78 is 5.32. The summed E-state index contributed by atoms with van der Waals surface area (Å²) in [5.74, 6) is 0.339. The number of aromatic nitrogens is 1. The number of nitrogens with zero attached hydrogens (tertiary/aromatic N) is 1. The van der Waals surface area contributed by atoms with Gasteiger partial charge in [-0.3, -0.25) is 10.1 Å². The number of hydrogen-bond acceptors (Lipinski definition) is 6. The minimum Gasteiger partial charge on any atom is -0.496 e.